The smallest absolute Gasteiger partial charge is 0.149 e. The van der Waals surface area contributed by atoms with Gasteiger partial charge in [0.2, 0.25) is 0 Å². The van der Waals surface area contributed by atoms with Crippen molar-refractivity contribution in [2.45, 2.75) is 0 Å². The zero-order valence-electron chi connectivity index (χ0n) is 18.4. The maximum atomic E-state index is 10.8. The van der Waals surface area contributed by atoms with Crippen molar-refractivity contribution in [3.8, 4) is 28.1 Å². The molecule has 35 heavy (non-hydrogen) atoms. The zero-order valence-corrected chi connectivity index (χ0v) is 20.7. The molecule has 0 unspecified atom stereocenters. The zero-order chi connectivity index (χ0) is 22.6. The van der Waals surface area contributed by atoms with Crippen molar-refractivity contribution in [3.05, 3.63) is 109 Å². The summed E-state index contributed by atoms with van der Waals surface area (Å²) in [4.78, 5) is 9.58. The van der Waals surface area contributed by atoms with E-state index in [9.17, 15) is 5.11 Å². The van der Waals surface area contributed by atoms with Gasteiger partial charge in [0, 0.05) is 38.3 Å². The maximum Gasteiger partial charge on any atom is 0.149 e. The average molecular weight is 632 g/mol. The van der Waals surface area contributed by atoms with E-state index in [1.807, 2.05) is 54.6 Å². The van der Waals surface area contributed by atoms with Crippen LogP contribution in [0.15, 0.2) is 103 Å². The van der Waals surface area contributed by atoms with Crippen LogP contribution in [0.2, 0.25) is 0 Å². The fourth-order valence-electron chi connectivity index (χ4n) is 4.92. The maximum absolute atomic E-state index is 10.8. The molecule has 0 radical (unpaired) electrons. The number of phenols is 1. The van der Waals surface area contributed by atoms with E-state index in [0.717, 1.165) is 60.7 Å². The standard InChI is InChI=1S/C30H18N3O.Pt/c34-27-16-7-12-23-22-10-1-2-14-25(22)33-26-15-6-11-21(29(26)32-30(33)28(23)27)19-8-5-9-20(18-19)24-13-3-4-17-31-24;/h1-17,34H;/q-1;. The second kappa shape index (κ2) is 8.33. The number of hydrogen-bond donors (Lipinski definition) is 1. The van der Waals surface area contributed by atoms with Crippen LogP contribution in [-0.4, -0.2) is 19.5 Å². The summed E-state index contributed by atoms with van der Waals surface area (Å²) in [5, 5.41) is 13.7. The Hall–Kier alpha value is -4.01. The number of fused-ring (bicyclic) bond motifs is 8. The van der Waals surface area contributed by atoms with E-state index in [4.69, 9.17) is 4.98 Å². The molecule has 0 aliphatic carbocycles. The second-order valence-corrected chi connectivity index (χ2v) is 8.35. The predicted octanol–water partition coefficient (Wildman–Crippen LogP) is 7.03. The number of nitrogens with zero attached hydrogens (tertiary/aromatic N) is 3. The molecule has 0 saturated carbocycles. The molecule has 0 saturated heterocycles. The fourth-order valence-corrected chi connectivity index (χ4v) is 4.92. The van der Waals surface area contributed by atoms with E-state index in [2.05, 4.69) is 51.8 Å². The van der Waals surface area contributed by atoms with E-state index in [-0.39, 0.29) is 26.8 Å². The molecule has 1 N–H and O–H groups in total. The molecule has 3 heterocycles. The van der Waals surface area contributed by atoms with Crippen molar-refractivity contribution in [1.29, 1.82) is 0 Å². The third kappa shape index (κ3) is 3.25. The SMILES string of the molecule is Oc1cccc2c3ccccc3n3c4cccc(-c5[c-]c(-c6ccccn6)ccc5)c4nc3c12.[Pt]. The van der Waals surface area contributed by atoms with E-state index >= 15 is 0 Å². The van der Waals surface area contributed by atoms with Crippen LogP contribution in [0.4, 0.5) is 0 Å². The molecule has 0 atom stereocenters. The molecular weight excluding hydrogens is 613 g/mol. The molecule has 5 heteroatoms. The summed E-state index contributed by atoms with van der Waals surface area (Å²) >= 11 is 0. The van der Waals surface area contributed by atoms with Gasteiger partial charge in [0.15, 0.2) is 0 Å². The van der Waals surface area contributed by atoms with E-state index in [1.54, 1.807) is 12.3 Å². The number of para-hydroxylation sites is 2. The molecule has 0 fully saturated rings. The van der Waals surface area contributed by atoms with Crippen LogP contribution < -0.4 is 0 Å². The minimum absolute atomic E-state index is 0. The Morgan fingerprint density at radius 2 is 1.43 bits per heavy atom. The summed E-state index contributed by atoms with van der Waals surface area (Å²) in [5.74, 6) is 0.230. The summed E-state index contributed by atoms with van der Waals surface area (Å²) < 4.78 is 2.15. The Bertz CT molecular complexity index is 1880. The van der Waals surface area contributed by atoms with Gasteiger partial charge in [-0.25, -0.2) is 4.98 Å². The van der Waals surface area contributed by atoms with E-state index < -0.39 is 0 Å². The number of benzene rings is 4. The Balaban J connectivity index is 0.00000229. The summed E-state index contributed by atoms with van der Waals surface area (Å²) in [7, 11) is 0. The van der Waals surface area contributed by atoms with Crippen LogP contribution in [0.25, 0.3) is 60.7 Å². The number of phenolic OH excluding ortho intramolecular Hbond substituents is 1. The first-order chi connectivity index (χ1) is 16.8. The van der Waals surface area contributed by atoms with Gasteiger partial charge in [-0.15, -0.1) is 29.8 Å². The van der Waals surface area contributed by atoms with Gasteiger partial charge >= 0.3 is 0 Å². The topological polar surface area (TPSA) is 50.4 Å². The third-order valence-corrected chi connectivity index (χ3v) is 6.41. The summed E-state index contributed by atoms with van der Waals surface area (Å²) in [6.45, 7) is 0. The molecular formula is C30H18N3OPt-. The number of hydrogen-bond acceptors (Lipinski definition) is 3. The van der Waals surface area contributed by atoms with Gasteiger partial charge in [0.25, 0.3) is 0 Å². The van der Waals surface area contributed by atoms with Crippen molar-refractivity contribution in [1.82, 2.24) is 14.4 Å². The Labute approximate surface area is 215 Å². The normalized spacial score (nSPS) is 11.3. The minimum atomic E-state index is 0. The Morgan fingerprint density at radius 1 is 0.686 bits per heavy atom. The fraction of sp³-hybridized carbons (Fsp3) is 0. The number of aromatic hydroxyl groups is 1. The van der Waals surface area contributed by atoms with Gasteiger partial charge in [-0.3, -0.25) is 9.38 Å². The van der Waals surface area contributed by atoms with Gasteiger partial charge < -0.3 is 5.11 Å². The molecule has 3 aromatic heterocycles. The largest absolute Gasteiger partial charge is 0.507 e. The molecule has 4 nitrogen and oxygen atoms in total. The number of pyridine rings is 2. The molecule has 7 rings (SSSR count). The number of imidazole rings is 1. The van der Waals surface area contributed by atoms with Crippen molar-refractivity contribution < 1.29 is 26.2 Å². The first-order valence-corrected chi connectivity index (χ1v) is 11.2. The molecule has 4 aromatic carbocycles. The number of rotatable bonds is 2. The van der Waals surface area contributed by atoms with Crippen molar-refractivity contribution in [3.63, 3.8) is 0 Å². The van der Waals surface area contributed by atoms with Crippen LogP contribution in [0.5, 0.6) is 5.75 Å². The van der Waals surface area contributed by atoms with E-state index in [1.165, 1.54) is 0 Å². The second-order valence-electron chi connectivity index (χ2n) is 8.35. The van der Waals surface area contributed by atoms with Crippen molar-refractivity contribution >= 4 is 38.4 Å². The van der Waals surface area contributed by atoms with Gasteiger partial charge in [0.05, 0.1) is 21.9 Å². The molecule has 0 bridgehead atoms. The van der Waals surface area contributed by atoms with Crippen molar-refractivity contribution in [2.75, 3.05) is 0 Å². The predicted molar refractivity (Wildman–Crippen MR) is 137 cm³/mol. The Kier molecular flexibility index (Phi) is 5.12. The summed E-state index contributed by atoms with van der Waals surface area (Å²) in [6.07, 6.45) is 1.79. The van der Waals surface area contributed by atoms with Crippen LogP contribution >= 0.6 is 0 Å². The quantitative estimate of drug-likeness (QED) is 0.165. The molecule has 7 aromatic rings. The van der Waals surface area contributed by atoms with Crippen LogP contribution in [0, 0.1) is 6.07 Å². The van der Waals surface area contributed by atoms with Gasteiger partial charge in [-0.1, -0.05) is 65.7 Å². The van der Waals surface area contributed by atoms with Gasteiger partial charge in [-0.2, -0.15) is 0 Å². The summed E-state index contributed by atoms with van der Waals surface area (Å²) in [6, 6.07) is 35.6. The van der Waals surface area contributed by atoms with Crippen LogP contribution in [0.3, 0.4) is 0 Å². The average Bonchev–Trinajstić information content (AvgIpc) is 3.29. The van der Waals surface area contributed by atoms with Crippen LogP contribution in [-0.2, 0) is 21.1 Å². The van der Waals surface area contributed by atoms with Crippen LogP contribution in [0.1, 0.15) is 0 Å². The van der Waals surface area contributed by atoms with E-state index in [0.29, 0.717) is 0 Å². The molecule has 0 amide bonds. The molecule has 0 spiro atoms. The number of aromatic nitrogens is 3. The molecule has 0 aliphatic heterocycles. The van der Waals surface area contributed by atoms with Gasteiger partial charge in [-0.05, 0) is 29.7 Å². The van der Waals surface area contributed by atoms with Gasteiger partial charge in [0.1, 0.15) is 11.4 Å². The molecule has 170 valence electrons. The first kappa shape index (κ1) is 21.5. The summed E-state index contributed by atoms with van der Waals surface area (Å²) in [5.41, 5.74) is 7.43. The molecule has 0 aliphatic rings. The van der Waals surface area contributed by atoms with Crippen molar-refractivity contribution in [2.24, 2.45) is 0 Å². The first-order valence-electron chi connectivity index (χ1n) is 11.2. The minimum Gasteiger partial charge on any atom is -0.507 e. The third-order valence-electron chi connectivity index (χ3n) is 6.41. The monoisotopic (exact) mass is 631 g/mol. The Morgan fingerprint density at radius 3 is 2.31 bits per heavy atom.